The molecule has 0 atom stereocenters. The quantitative estimate of drug-likeness (QED) is 0.838. The maximum absolute atomic E-state index is 11.3. The lowest BCUT2D eigenvalue weighted by Gasteiger charge is -2.20. The van der Waals surface area contributed by atoms with Gasteiger partial charge in [0.25, 0.3) is 0 Å². The summed E-state index contributed by atoms with van der Waals surface area (Å²) in [5.74, 6) is -0.823. The Balaban J connectivity index is 2.38. The van der Waals surface area contributed by atoms with Gasteiger partial charge in [0.05, 0.1) is 0 Å². The molecule has 0 radical (unpaired) electrons. The van der Waals surface area contributed by atoms with E-state index in [9.17, 15) is 9.90 Å². The highest BCUT2D eigenvalue weighted by molar-refractivity contribution is 8.01. The summed E-state index contributed by atoms with van der Waals surface area (Å²) < 4.78 is -0.876. The molecule has 1 aromatic carbocycles. The molecule has 0 unspecified atom stereocenters. The minimum atomic E-state index is -0.876. The molecular weight excluding hydrogens is 282 g/mol. The molecule has 2 rings (SSSR count). The maximum Gasteiger partial charge on any atom is 0.319 e. The summed E-state index contributed by atoms with van der Waals surface area (Å²) in [7, 11) is 0. The van der Waals surface area contributed by atoms with Crippen LogP contribution in [0.25, 0.3) is 11.1 Å². The highest BCUT2D eigenvalue weighted by Crippen LogP contribution is 2.38. The third-order valence-electron chi connectivity index (χ3n) is 3.33. The van der Waals surface area contributed by atoms with Crippen LogP contribution in [0, 0.1) is 0 Å². The van der Waals surface area contributed by atoms with Crippen LogP contribution in [0.15, 0.2) is 47.6 Å². The number of nitrogens with zero attached hydrogens (tertiary/aromatic N) is 1. The fraction of sp³-hybridized carbons (Fsp3) is 0.294. The van der Waals surface area contributed by atoms with Gasteiger partial charge in [-0.3, -0.25) is 9.78 Å². The summed E-state index contributed by atoms with van der Waals surface area (Å²) in [4.78, 5) is 16.4. The monoisotopic (exact) mass is 301 g/mol. The van der Waals surface area contributed by atoms with Crippen LogP contribution in [0.5, 0.6) is 0 Å². The number of thioether (sulfide) groups is 1. The number of hydrogen-bond acceptors (Lipinski definition) is 3. The fourth-order valence-electron chi connectivity index (χ4n) is 1.93. The number of aryl methyl sites for hydroxylation is 1. The standard InChI is InChI=1S/C17H19NO2S/c1-4-12-5-7-13(8-6-12)14-11-18-10-9-15(14)21-17(2,3)16(19)20/h5-11H,4H2,1-3H3,(H,19,20). The third-order valence-corrected chi connectivity index (χ3v) is 4.60. The molecule has 0 aliphatic rings. The molecule has 3 nitrogen and oxygen atoms in total. The number of benzene rings is 1. The average Bonchev–Trinajstić information content (AvgIpc) is 2.47. The molecule has 1 N–H and O–H groups in total. The van der Waals surface area contributed by atoms with Gasteiger partial charge in [0.15, 0.2) is 0 Å². The van der Waals surface area contributed by atoms with Gasteiger partial charge in [-0.2, -0.15) is 0 Å². The lowest BCUT2D eigenvalue weighted by Crippen LogP contribution is -2.27. The van der Waals surface area contributed by atoms with Crippen molar-refractivity contribution in [3.63, 3.8) is 0 Å². The Kier molecular flexibility index (Phi) is 4.68. The highest BCUT2D eigenvalue weighted by Gasteiger charge is 2.29. The Labute approximate surface area is 129 Å². The fourth-order valence-corrected chi connectivity index (χ4v) is 2.97. The number of carboxylic acids is 1. The van der Waals surface area contributed by atoms with Gasteiger partial charge in [-0.1, -0.05) is 31.2 Å². The molecule has 0 amide bonds. The van der Waals surface area contributed by atoms with Gasteiger partial charge in [0.2, 0.25) is 0 Å². The van der Waals surface area contributed by atoms with Crippen molar-refractivity contribution in [3.05, 3.63) is 48.3 Å². The average molecular weight is 301 g/mol. The molecule has 0 saturated heterocycles. The molecule has 21 heavy (non-hydrogen) atoms. The summed E-state index contributed by atoms with van der Waals surface area (Å²) in [6, 6.07) is 10.2. The number of carbonyl (C=O) groups is 1. The van der Waals surface area contributed by atoms with Gasteiger partial charge in [-0.25, -0.2) is 0 Å². The van der Waals surface area contributed by atoms with E-state index in [-0.39, 0.29) is 0 Å². The molecule has 4 heteroatoms. The minimum absolute atomic E-state index is 0.823. The smallest absolute Gasteiger partial charge is 0.319 e. The molecule has 0 spiro atoms. The lowest BCUT2D eigenvalue weighted by molar-refractivity contribution is -0.138. The summed E-state index contributed by atoms with van der Waals surface area (Å²) in [5, 5.41) is 9.30. The molecule has 110 valence electrons. The van der Waals surface area contributed by atoms with Gasteiger partial charge in [0.1, 0.15) is 4.75 Å². The summed E-state index contributed by atoms with van der Waals surface area (Å²) in [5.41, 5.74) is 3.31. The number of carboxylic acid groups (broad SMARTS) is 1. The predicted molar refractivity (Wildman–Crippen MR) is 86.6 cm³/mol. The van der Waals surface area contributed by atoms with Crippen molar-refractivity contribution in [2.45, 2.75) is 36.8 Å². The number of hydrogen-bond donors (Lipinski definition) is 1. The Morgan fingerprint density at radius 2 is 1.90 bits per heavy atom. The maximum atomic E-state index is 11.3. The molecule has 0 aliphatic carbocycles. The lowest BCUT2D eigenvalue weighted by atomic mass is 10.0. The Hall–Kier alpha value is -1.81. The topological polar surface area (TPSA) is 50.2 Å². The first-order valence-corrected chi connectivity index (χ1v) is 7.71. The van der Waals surface area contributed by atoms with Crippen LogP contribution in [-0.2, 0) is 11.2 Å². The predicted octanol–water partition coefficient (Wildman–Crippen LogP) is 4.27. The SMILES string of the molecule is CCc1ccc(-c2cnccc2SC(C)(C)C(=O)O)cc1. The van der Waals surface area contributed by atoms with E-state index in [1.54, 1.807) is 26.2 Å². The van der Waals surface area contributed by atoms with E-state index in [0.29, 0.717) is 0 Å². The summed E-state index contributed by atoms with van der Waals surface area (Å²) in [6.07, 6.45) is 4.49. The summed E-state index contributed by atoms with van der Waals surface area (Å²) >= 11 is 1.35. The van der Waals surface area contributed by atoms with Crippen LogP contribution in [0.1, 0.15) is 26.3 Å². The zero-order valence-electron chi connectivity index (χ0n) is 12.5. The molecule has 1 heterocycles. The molecule has 1 aromatic heterocycles. The number of rotatable bonds is 5. The second kappa shape index (κ2) is 6.31. The van der Waals surface area contributed by atoms with E-state index in [1.807, 2.05) is 6.07 Å². The van der Waals surface area contributed by atoms with Crippen molar-refractivity contribution in [2.75, 3.05) is 0 Å². The first-order chi connectivity index (χ1) is 9.94. The molecular formula is C17H19NO2S. The van der Waals surface area contributed by atoms with Crippen molar-refractivity contribution < 1.29 is 9.90 Å². The van der Waals surface area contributed by atoms with Crippen molar-refractivity contribution in [2.24, 2.45) is 0 Å². The first kappa shape index (κ1) is 15.6. The number of pyridine rings is 1. The highest BCUT2D eigenvalue weighted by atomic mass is 32.2. The van der Waals surface area contributed by atoms with Gasteiger partial charge in [-0.15, -0.1) is 11.8 Å². The zero-order chi connectivity index (χ0) is 15.5. The van der Waals surface area contributed by atoms with Crippen LogP contribution >= 0.6 is 11.8 Å². The number of aliphatic carboxylic acids is 1. The van der Waals surface area contributed by atoms with Gasteiger partial charge in [0, 0.05) is 22.9 Å². The Morgan fingerprint density at radius 3 is 2.48 bits per heavy atom. The van der Waals surface area contributed by atoms with Crippen LogP contribution in [0.4, 0.5) is 0 Å². The van der Waals surface area contributed by atoms with Crippen molar-refractivity contribution in [3.8, 4) is 11.1 Å². The van der Waals surface area contributed by atoms with Crippen LogP contribution in [-0.4, -0.2) is 20.8 Å². The van der Waals surface area contributed by atoms with E-state index >= 15 is 0 Å². The molecule has 0 bridgehead atoms. The van der Waals surface area contributed by atoms with Gasteiger partial charge < -0.3 is 5.11 Å². The normalized spacial score (nSPS) is 11.4. The molecule has 2 aromatic rings. The van der Waals surface area contributed by atoms with Gasteiger partial charge >= 0.3 is 5.97 Å². The second-order valence-electron chi connectivity index (χ2n) is 5.34. The molecule has 0 saturated carbocycles. The van der Waals surface area contributed by atoms with Crippen LogP contribution in [0.2, 0.25) is 0 Å². The minimum Gasteiger partial charge on any atom is -0.480 e. The van der Waals surface area contributed by atoms with Crippen LogP contribution < -0.4 is 0 Å². The summed E-state index contributed by atoms with van der Waals surface area (Å²) in [6.45, 7) is 5.55. The van der Waals surface area contributed by atoms with E-state index in [0.717, 1.165) is 22.4 Å². The zero-order valence-corrected chi connectivity index (χ0v) is 13.3. The van der Waals surface area contributed by atoms with Crippen molar-refractivity contribution >= 4 is 17.7 Å². The van der Waals surface area contributed by atoms with Crippen molar-refractivity contribution in [1.29, 1.82) is 0 Å². The van der Waals surface area contributed by atoms with Crippen LogP contribution in [0.3, 0.4) is 0 Å². The molecule has 0 aliphatic heterocycles. The largest absolute Gasteiger partial charge is 0.480 e. The van der Waals surface area contributed by atoms with Crippen molar-refractivity contribution in [1.82, 2.24) is 4.98 Å². The van der Waals surface area contributed by atoms with E-state index in [4.69, 9.17) is 0 Å². The second-order valence-corrected chi connectivity index (χ2v) is 7.00. The van der Waals surface area contributed by atoms with Gasteiger partial charge in [-0.05, 0) is 37.5 Å². The van der Waals surface area contributed by atoms with E-state index < -0.39 is 10.7 Å². The number of aromatic nitrogens is 1. The third kappa shape index (κ3) is 3.64. The first-order valence-electron chi connectivity index (χ1n) is 6.90. The Morgan fingerprint density at radius 1 is 1.24 bits per heavy atom. The van der Waals surface area contributed by atoms with E-state index in [2.05, 4.69) is 36.2 Å². The molecule has 0 fully saturated rings. The van der Waals surface area contributed by atoms with E-state index in [1.165, 1.54) is 17.3 Å². The Bertz CT molecular complexity index is 635.